The quantitative estimate of drug-likeness (QED) is 0.671. The third kappa shape index (κ3) is 2.19. The third-order valence-electron chi connectivity index (χ3n) is 2.63. The van der Waals surface area contributed by atoms with Crippen LogP contribution in [0.3, 0.4) is 0 Å². The molecule has 1 aliphatic rings. The molecule has 12 heavy (non-hydrogen) atoms. The van der Waals surface area contributed by atoms with E-state index in [1.54, 1.807) is 0 Å². The van der Waals surface area contributed by atoms with Crippen molar-refractivity contribution in [2.24, 2.45) is 5.73 Å². The van der Waals surface area contributed by atoms with Crippen LogP contribution in [0.5, 0.6) is 0 Å². The molecule has 1 rings (SSSR count). The molecule has 1 heterocycles. The highest BCUT2D eigenvalue weighted by molar-refractivity contribution is 4.78. The van der Waals surface area contributed by atoms with Crippen LogP contribution in [-0.4, -0.2) is 43.3 Å². The maximum atomic E-state index is 5.69. The zero-order valence-electron chi connectivity index (χ0n) is 8.12. The Morgan fingerprint density at radius 1 is 1.67 bits per heavy atom. The fraction of sp³-hybridized carbons (Fsp3) is 1.00. The van der Waals surface area contributed by atoms with Gasteiger partial charge in [0.05, 0.1) is 13.2 Å². The molecule has 0 aliphatic carbocycles. The SMILES string of the molecule is CCC(CN)N1CCOCC1C. The average Bonchev–Trinajstić information content (AvgIpc) is 2.10. The van der Waals surface area contributed by atoms with Gasteiger partial charge in [0.1, 0.15) is 0 Å². The van der Waals surface area contributed by atoms with E-state index < -0.39 is 0 Å². The summed E-state index contributed by atoms with van der Waals surface area (Å²) in [7, 11) is 0. The monoisotopic (exact) mass is 172 g/mol. The van der Waals surface area contributed by atoms with Crippen LogP contribution in [0.15, 0.2) is 0 Å². The summed E-state index contributed by atoms with van der Waals surface area (Å²) < 4.78 is 5.37. The van der Waals surface area contributed by atoms with Crippen LogP contribution >= 0.6 is 0 Å². The van der Waals surface area contributed by atoms with Gasteiger partial charge in [-0.3, -0.25) is 4.90 Å². The van der Waals surface area contributed by atoms with E-state index in [1.807, 2.05) is 0 Å². The van der Waals surface area contributed by atoms with E-state index in [0.717, 1.165) is 32.7 Å². The Hall–Kier alpha value is -0.120. The fourth-order valence-electron chi connectivity index (χ4n) is 1.82. The molecule has 3 nitrogen and oxygen atoms in total. The first-order chi connectivity index (χ1) is 5.79. The molecule has 1 fully saturated rings. The minimum absolute atomic E-state index is 0.534. The summed E-state index contributed by atoms with van der Waals surface area (Å²) in [5, 5.41) is 0. The van der Waals surface area contributed by atoms with E-state index >= 15 is 0 Å². The van der Waals surface area contributed by atoms with E-state index in [0.29, 0.717) is 12.1 Å². The van der Waals surface area contributed by atoms with E-state index in [1.165, 1.54) is 0 Å². The summed E-state index contributed by atoms with van der Waals surface area (Å²) >= 11 is 0. The van der Waals surface area contributed by atoms with Gasteiger partial charge in [0.2, 0.25) is 0 Å². The van der Waals surface area contributed by atoms with Gasteiger partial charge < -0.3 is 10.5 Å². The Bertz CT molecular complexity index is 126. The lowest BCUT2D eigenvalue weighted by Crippen LogP contribution is -2.51. The molecule has 2 N–H and O–H groups in total. The number of nitrogens with two attached hydrogens (primary N) is 1. The molecule has 0 aromatic rings. The number of morpholine rings is 1. The second-order valence-electron chi connectivity index (χ2n) is 3.46. The molecular formula is C9H20N2O. The second-order valence-corrected chi connectivity index (χ2v) is 3.46. The summed E-state index contributed by atoms with van der Waals surface area (Å²) in [5.41, 5.74) is 5.69. The molecule has 0 aromatic carbocycles. The summed E-state index contributed by atoms with van der Waals surface area (Å²) in [6.45, 7) is 7.92. The Labute approximate surface area is 74.9 Å². The smallest absolute Gasteiger partial charge is 0.0619 e. The second kappa shape index (κ2) is 4.80. The van der Waals surface area contributed by atoms with Crippen molar-refractivity contribution < 1.29 is 4.74 Å². The first-order valence-electron chi connectivity index (χ1n) is 4.83. The summed E-state index contributed by atoms with van der Waals surface area (Å²) in [4.78, 5) is 2.46. The Morgan fingerprint density at radius 3 is 2.92 bits per heavy atom. The lowest BCUT2D eigenvalue weighted by molar-refractivity contribution is -0.0208. The van der Waals surface area contributed by atoms with Crippen LogP contribution in [0.2, 0.25) is 0 Å². The highest BCUT2D eigenvalue weighted by Gasteiger charge is 2.23. The van der Waals surface area contributed by atoms with E-state index in [9.17, 15) is 0 Å². The third-order valence-corrected chi connectivity index (χ3v) is 2.63. The molecule has 1 aliphatic heterocycles. The van der Waals surface area contributed by atoms with Crippen molar-refractivity contribution in [3.63, 3.8) is 0 Å². The minimum atomic E-state index is 0.534. The van der Waals surface area contributed by atoms with Crippen LogP contribution < -0.4 is 5.73 Å². The fourth-order valence-corrected chi connectivity index (χ4v) is 1.82. The normalized spacial score (nSPS) is 28.8. The standard InChI is InChI=1S/C9H20N2O/c1-3-9(6-10)11-4-5-12-7-8(11)2/h8-9H,3-7,10H2,1-2H3. The molecule has 72 valence electrons. The number of nitrogens with zero attached hydrogens (tertiary/aromatic N) is 1. The van der Waals surface area contributed by atoms with Crippen molar-refractivity contribution in [3.8, 4) is 0 Å². The van der Waals surface area contributed by atoms with Gasteiger partial charge >= 0.3 is 0 Å². The highest BCUT2D eigenvalue weighted by Crippen LogP contribution is 2.12. The van der Waals surface area contributed by atoms with Crippen molar-refractivity contribution in [2.45, 2.75) is 32.4 Å². The van der Waals surface area contributed by atoms with Crippen LogP contribution in [-0.2, 0) is 4.74 Å². The maximum Gasteiger partial charge on any atom is 0.0619 e. The van der Waals surface area contributed by atoms with Gasteiger partial charge in [0.25, 0.3) is 0 Å². The lowest BCUT2D eigenvalue weighted by atomic mass is 10.1. The number of hydrogen-bond donors (Lipinski definition) is 1. The molecule has 0 radical (unpaired) electrons. The van der Waals surface area contributed by atoms with Crippen molar-refractivity contribution in [3.05, 3.63) is 0 Å². The molecule has 3 heteroatoms. The molecule has 0 amide bonds. The summed E-state index contributed by atoms with van der Waals surface area (Å²) in [6, 6.07) is 1.08. The molecule has 0 spiro atoms. The summed E-state index contributed by atoms with van der Waals surface area (Å²) in [6.07, 6.45) is 1.14. The molecule has 0 aromatic heterocycles. The highest BCUT2D eigenvalue weighted by atomic mass is 16.5. The van der Waals surface area contributed by atoms with Crippen LogP contribution in [0, 0.1) is 0 Å². The lowest BCUT2D eigenvalue weighted by Gasteiger charge is -2.38. The molecule has 0 saturated carbocycles. The van der Waals surface area contributed by atoms with Gasteiger partial charge in [0.15, 0.2) is 0 Å². The zero-order valence-corrected chi connectivity index (χ0v) is 8.12. The van der Waals surface area contributed by atoms with Crippen molar-refractivity contribution in [1.29, 1.82) is 0 Å². The van der Waals surface area contributed by atoms with Crippen LogP contribution in [0.1, 0.15) is 20.3 Å². The van der Waals surface area contributed by atoms with Crippen molar-refractivity contribution in [1.82, 2.24) is 4.90 Å². The van der Waals surface area contributed by atoms with Gasteiger partial charge in [-0.05, 0) is 13.3 Å². The van der Waals surface area contributed by atoms with Crippen LogP contribution in [0.25, 0.3) is 0 Å². The Balaban J connectivity index is 2.45. The van der Waals surface area contributed by atoms with Gasteiger partial charge in [-0.15, -0.1) is 0 Å². The number of rotatable bonds is 3. The van der Waals surface area contributed by atoms with E-state index in [2.05, 4.69) is 18.7 Å². The predicted molar refractivity (Wildman–Crippen MR) is 50.1 cm³/mol. The van der Waals surface area contributed by atoms with Gasteiger partial charge in [-0.25, -0.2) is 0 Å². The molecular weight excluding hydrogens is 152 g/mol. The Kier molecular flexibility index (Phi) is 3.98. The average molecular weight is 172 g/mol. The zero-order chi connectivity index (χ0) is 8.97. The molecule has 2 atom stereocenters. The van der Waals surface area contributed by atoms with Gasteiger partial charge in [-0.1, -0.05) is 6.92 Å². The maximum absolute atomic E-state index is 5.69. The molecule has 2 unspecified atom stereocenters. The first kappa shape index (κ1) is 9.96. The number of ether oxygens (including phenoxy) is 1. The van der Waals surface area contributed by atoms with Gasteiger partial charge in [0, 0.05) is 25.2 Å². The van der Waals surface area contributed by atoms with E-state index in [-0.39, 0.29) is 0 Å². The molecule has 0 bridgehead atoms. The minimum Gasteiger partial charge on any atom is -0.379 e. The first-order valence-corrected chi connectivity index (χ1v) is 4.83. The van der Waals surface area contributed by atoms with Gasteiger partial charge in [-0.2, -0.15) is 0 Å². The van der Waals surface area contributed by atoms with E-state index in [4.69, 9.17) is 10.5 Å². The predicted octanol–water partition coefficient (Wildman–Crippen LogP) is 0.444. The number of hydrogen-bond acceptors (Lipinski definition) is 3. The Morgan fingerprint density at radius 2 is 2.42 bits per heavy atom. The topological polar surface area (TPSA) is 38.5 Å². The molecule has 1 saturated heterocycles. The van der Waals surface area contributed by atoms with Crippen LogP contribution in [0.4, 0.5) is 0 Å². The van der Waals surface area contributed by atoms with Crippen molar-refractivity contribution in [2.75, 3.05) is 26.3 Å². The largest absolute Gasteiger partial charge is 0.379 e. The van der Waals surface area contributed by atoms with Crippen molar-refractivity contribution >= 4 is 0 Å². The summed E-state index contributed by atoms with van der Waals surface area (Å²) in [5.74, 6) is 0.